The van der Waals surface area contributed by atoms with Crippen molar-refractivity contribution >= 4 is 23.3 Å². The third-order valence-corrected chi connectivity index (χ3v) is 7.42. The van der Waals surface area contributed by atoms with Gasteiger partial charge in [0.25, 0.3) is 0 Å². The lowest BCUT2D eigenvalue weighted by Gasteiger charge is -2.10. The highest BCUT2D eigenvalue weighted by Crippen LogP contribution is 2.31. The van der Waals surface area contributed by atoms with Crippen molar-refractivity contribution < 1.29 is 0 Å². The van der Waals surface area contributed by atoms with E-state index < -0.39 is 0 Å². The van der Waals surface area contributed by atoms with Gasteiger partial charge in [0.2, 0.25) is 0 Å². The monoisotopic (exact) mass is 624 g/mol. The van der Waals surface area contributed by atoms with Crippen molar-refractivity contribution in [3.63, 3.8) is 0 Å². The van der Waals surface area contributed by atoms with Gasteiger partial charge in [-0.25, -0.2) is 4.98 Å². The number of nitrogens with zero attached hydrogens (tertiary/aromatic N) is 5. The summed E-state index contributed by atoms with van der Waals surface area (Å²) in [5.74, 6) is 0.582. The van der Waals surface area contributed by atoms with Crippen LogP contribution in [0.1, 0.15) is 99.7 Å². The Balaban J connectivity index is 0.000000284. The first-order valence-electron chi connectivity index (χ1n) is 16.9. The van der Waals surface area contributed by atoms with Crippen molar-refractivity contribution in [2.75, 3.05) is 25.1 Å². The van der Waals surface area contributed by atoms with Gasteiger partial charge >= 0.3 is 0 Å². The maximum atomic E-state index is 5.93. The number of rotatable bonds is 9. The lowest BCUT2D eigenvalue weighted by molar-refractivity contribution is 0.742. The van der Waals surface area contributed by atoms with Gasteiger partial charge in [0.05, 0.1) is 18.9 Å². The number of aromatic nitrogens is 2. The molecule has 0 radical (unpaired) electrons. The smallest absolute Gasteiger partial charge is 0.147 e. The van der Waals surface area contributed by atoms with Crippen LogP contribution in [-0.2, 0) is 25.7 Å². The Bertz CT molecular complexity index is 1400. The van der Waals surface area contributed by atoms with E-state index in [0.717, 1.165) is 54.6 Å². The number of hydrogen-bond donors (Lipinski definition) is 3. The molecule has 0 aliphatic heterocycles. The Morgan fingerprint density at radius 1 is 0.978 bits per heavy atom. The molecule has 46 heavy (non-hydrogen) atoms. The van der Waals surface area contributed by atoms with Gasteiger partial charge in [-0.2, -0.15) is 15.8 Å². The molecular formula is C38H56N8. The Kier molecular flexibility index (Phi) is 18.3. The molecule has 8 heteroatoms. The van der Waals surface area contributed by atoms with Crippen LogP contribution in [0.15, 0.2) is 82.0 Å². The minimum Gasteiger partial charge on any atom is -0.385 e. The highest BCUT2D eigenvalue weighted by atomic mass is 15.6. The van der Waals surface area contributed by atoms with Gasteiger partial charge in [-0.05, 0) is 116 Å². The molecular weight excluding hydrogens is 568 g/mol. The van der Waals surface area contributed by atoms with Crippen LogP contribution in [-0.4, -0.2) is 30.3 Å². The number of pyridine rings is 2. The molecule has 0 saturated carbocycles. The van der Waals surface area contributed by atoms with Crippen LogP contribution in [0, 0.1) is 6.92 Å². The Hall–Kier alpha value is -4.33. The third-order valence-electron chi connectivity index (χ3n) is 7.42. The van der Waals surface area contributed by atoms with Crippen molar-refractivity contribution in [3.8, 4) is 0 Å². The van der Waals surface area contributed by atoms with Gasteiger partial charge in [-0.3, -0.25) is 4.98 Å². The van der Waals surface area contributed by atoms with E-state index in [1.165, 1.54) is 59.9 Å². The summed E-state index contributed by atoms with van der Waals surface area (Å²) in [4.78, 5) is 8.55. The largest absolute Gasteiger partial charge is 0.385 e. The topological polar surface area (TPSA) is 113 Å². The maximum Gasteiger partial charge on any atom is 0.147 e. The van der Waals surface area contributed by atoms with Gasteiger partial charge in [0, 0.05) is 25.1 Å². The Labute approximate surface area is 277 Å². The van der Waals surface area contributed by atoms with Crippen LogP contribution >= 0.6 is 0 Å². The summed E-state index contributed by atoms with van der Waals surface area (Å²) < 4.78 is 0. The highest BCUT2D eigenvalue weighted by Gasteiger charge is 2.14. The minimum atomic E-state index is 0.582. The second-order valence-corrected chi connectivity index (χ2v) is 11.1. The summed E-state index contributed by atoms with van der Waals surface area (Å²) in [5, 5.41) is 14.5. The fourth-order valence-electron chi connectivity index (χ4n) is 5.40. The molecule has 0 saturated heterocycles. The molecule has 1 aromatic carbocycles. The van der Waals surface area contributed by atoms with Crippen LogP contribution in [0.4, 0.5) is 11.5 Å². The van der Waals surface area contributed by atoms with E-state index in [1.54, 1.807) is 13.2 Å². The second kappa shape index (κ2) is 22.2. The molecule has 2 aliphatic rings. The third kappa shape index (κ3) is 12.6. The standard InChI is InChI=1S/C18H22N4.C15H20N4.C3H8.C2H6/c1-19-21-22-20-13-17-6-3-2-4-9-18(17)16-11-10-14-7-5-8-15(14)12-16;1-11-9-13(19-15(16)14(11)17-2)7-3-5-12-6-4-8-18-10-12;1-3-2;1-2/h6,9-13H,2-5,7-8H2,1H3,(H,19,22);4,6,8-10,17H,3,5,7H2,1-2H3,(H2,16,19);3H2,1-2H3;1-2H3/b20-13+;;;. The van der Waals surface area contributed by atoms with E-state index in [-0.39, 0.29) is 0 Å². The van der Waals surface area contributed by atoms with Gasteiger partial charge in [0.15, 0.2) is 0 Å². The number of benzene rings is 1. The SMILES string of the molecule is CC.CCC.CN=NN/N=C/C1=CCCCC=C1c1ccc2c(c1)CCC2.CNc1c(C)cc(CCCc2cccnc2)nc1N. The normalized spacial score (nSPS) is 13.5. The number of nitrogen functional groups attached to an aromatic ring is 1. The summed E-state index contributed by atoms with van der Waals surface area (Å²) >= 11 is 0. The molecule has 3 aromatic rings. The number of anilines is 2. The number of allylic oxidation sites excluding steroid dienone is 4. The van der Waals surface area contributed by atoms with Crippen molar-refractivity contribution in [1.29, 1.82) is 0 Å². The summed E-state index contributed by atoms with van der Waals surface area (Å²) in [6.45, 7) is 10.3. The zero-order chi connectivity index (χ0) is 33.6. The molecule has 0 fully saturated rings. The zero-order valence-electron chi connectivity index (χ0n) is 29.2. The maximum absolute atomic E-state index is 5.93. The minimum absolute atomic E-state index is 0.582. The van der Waals surface area contributed by atoms with Crippen molar-refractivity contribution in [1.82, 2.24) is 15.5 Å². The van der Waals surface area contributed by atoms with Crippen LogP contribution in [0.2, 0.25) is 0 Å². The number of hydrazone groups is 1. The first-order chi connectivity index (χ1) is 22.5. The summed E-state index contributed by atoms with van der Waals surface area (Å²) in [6.07, 6.45) is 21.5. The molecule has 2 aliphatic carbocycles. The molecule has 0 atom stereocenters. The molecule has 2 aromatic heterocycles. The number of nitrogens with two attached hydrogens (primary N) is 1. The van der Waals surface area contributed by atoms with Gasteiger partial charge in [0.1, 0.15) is 5.82 Å². The van der Waals surface area contributed by atoms with Crippen LogP contribution in [0.5, 0.6) is 0 Å². The molecule has 8 nitrogen and oxygen atoms in total. The first-order valence-corrected chi connectivity index (χ1v) is 16.9. The van der Waals surface area contributed by atoms with Crippen LogP contribution in [0.25, 0.3) is 5.57 Å². The Morgan fingerprint density at radius 2 is 1.74 bits per heavy atom. The summed E-state index contributed by atoms with van der Waals surface area (Å²) in [5.41, 5.74) is 19.7. The second-order valence-electron chi connectivity index (χ2n) is 11.1. The first kappa shape index (κ1) is 37.9. The predicted octanol–water partition coefficient (Wildman–Crippen LogP) is 9.27. The molecule has 248 valence electrons. The van der Waals surface area contributed by atoms with E-state index in [2.05, 4.69) is 99.5 Å². The highest BCUT2D eigenvalue weighted by molar-refractivity contribution is 6.01. The van der Waals surface area contributed by atoms with Crippen molar-refractivity contribution in [2.24, 2.45) is 15.4 Å². The van der Waals surface area contributed by atoms with Crippen molar-refractivity contribution in [3.05, 3.63) is 100 Å². The average molecular weight is 625 g/mol. The molecule has 4 N–H and O–H groups in total. The molecule has 0 bridgehead atoms. The van der Waals surface area contributed by atoms with Gasteiger partial charge in [-0.1, -0.05) is 75.8 Å². The molecule has 0 unspecified atom stereocenters. The number of fused-ring (bicyclic) bond motifs is 1. The van der Waals surface area contributed by atoms with Crippen LogP contribution < -0.4 is 16.6 Å². The lowest BCUT2D eigenvalue weighted by atomic mass is 9.95. The molecule has 0 spiro atoms. The van der Waals surface area contributed by atoms with E-state index in [0.29, 0.717) is 5.82 Å². The summed E-state index contributed by atoms with van der Waals surface area (Å²) in [7, 11) is 3.48. The van der Waals surface area contributed by atoms with Gasteiger partial charge < -0.3 is 11.1 Å². The van der Waals surface area contributed by atoms with E-state index in [4.69, 9.17) is 5.73 Å². The predicted molar refractivity (Wildman–Crippen MR) is 197 cm³/mol. The quantitative estimate of drug-likeness (QED) is 0.125. The van der Waals surface area contributed by atoms with E-state index in [1.807, 2.05) is 39.4 Å². The molecule has 5 rings (SSSR count). The number of hydrogen-bond acceptors (Lipinski definition) is 7. The molecule has 0 amide bonds. The fraction of sp³-hybridized carbons (Fsp3) is 0.447. The van der Waals surface area contributed by atoms with Crippen LogP contribution in [0.3, 0.4) is 0 Å². The van der Waals surface area contributed by atoms with Crippen molar-refractivity contribution in [2.45, 2.75) is 98.8 Å². The van der Waals surface area contributed by atoms with Gasteiger partial charge in [-0.15, -0.1) is 0 Å². The number of aryl methyl sites for hydroxylation is 5. The fourth-order valence-corrected chi connectivity index (χ4v) is 5.40. The molecule has 2 heterocycles. The van der Waals surface area contributed by atoms with E-state index >= 15 is 0 Å². The zero-order valence-corrected chi connectivity index (χ0v) is 29.2. The lowest BCUT2D eigenvalue weighted by Crippen LogP contribution is -2.04. The van der Waals surface area contributed by atoms with E-state index in [9.17, 15) is 0 Å². The number of nitrogens with one attached hydrogen (secondary N) is 2. The Morgan fingerprint density at radius 3 is 2.43 bits per heavy atom. The average Bonchev–Trinajstić information content (AvgIpc) is 3.42. The summed E-state index contributed by atoms with van der Waals surface area (Å²) in [6, 6.07) is 13.1.